The van der Waals surface area contributed by atoms with E-state index in [1.165, 1.54) is 0 Å². The Balaban J connectivity index is 1.86. The molecule has 0 unspecified atom stereocenters. The monoisotopic (exact) mass is 290 g/mol. The summed E-state index contributed by atoms with van der Waals surface area (Å²) in [4.78, 5) is 15.9. The molecule has 3 rings (SSSR count). The zero-order chi connectivity index (χ0) is 15.4. The lowest BCUT2D eigenvalue weighted by Crippen LogP contribution is -2.04. The first-order chi connectivity index (χ1) is 10.8. The number of imidazole rings is 1. The van der Waals surface area contributed by atoms with Gasteiger partial charge >= 0.3 is 5.97 Å². The third-order valence-corrected chi connectivity index (χ3v) is 3.11. The summed E-state index contributed by atoms with van der Waals surface area (Å²) in [5.41, 5.74) is 3.05. The SMILES string of the molecule is CCOC(=O)c1cccc(C#Cc2ccc3nccn3c2)c1. The number of hydrogen-bond donors (Lipinski definition) is 0. The maximum Gasteiger partial charge on any atom is 0.338 e. The Morgan fingerprint density at radius 3 is 2.95 bits per heavy atom. The fraction of sp³-hybridized carbons (Fsp3) is 0.111. The molecule has 0 bridgehead atoms. The average molecular weight is 290 g/mol. The molecule has 0 aliphatic carbocycles. The average Bonchev–Trinajstić information content (AvgIpc) is 3.01. The highest BCUT2D eigenvalue weighted by atomic mass is 16.5. The molecule has 0 saturated carbocycles. The standard InChI is InChI=1S/C18H14N2O2/c1-2-22-18(21)16-5-3-4-14(12-16)6-7-15-8-9-17-19-10-11-20(17)13-15/h3-5,8-13H,2H2,1H3. The first-order valence-electron chi connectivity index (χ1n) is 6.98. The van der Waals surface area contributed by atoms with Gasteiger partial charge in [0.05, 0.1) is 12.2 Å². The Morgan fingerprint density at radius 1 is 1.23 bits per heavy atom. The highest BCUT2D eigenvalue weighted by Crippen LogP contribution is 2.07. The zero-order valence-electron chi connectivity index (χ0n) is 12.1. The van der Waals surface area contributed by atoms with E-state index in [2.05, 4.69) is 16.8 Å². The van der Waals surface area contributed by atoms with E-state index in [-0.39, 0.29) is 5.97 Å². The van der Waals surface area contributed by atoms with Crippen LogP contribution in [0.15, 0.2) is 55.0 Å². The van der Waals surface area contributed by atoms with Crippen molar-refractivity contribution in [1.29, 1.82) is 0 Å². The van der Waals surface area contributed by atoms with Gasteiger partial charge in [-0.2, -0.15) is 0 Å². The third kappa shape index (κ3) is 2.99. The molecule has 0 aliphatic heterocycles. The number of pyridine rings is 1. The van der Waals surface area contributed by atoms with Gasteiger partial charge in [-0.05, 0) is 37.3 Å². The van der Waals surface area contributed by atoms with Crippen LogP contribution < -0.4 is 0 Å². The lowest BCUT2D eigenvalue weighted by atomic mass is 10.1. The van der Waals surface area contributed by atoms with Gasteiger partial charge in [0.1, 0.15) is 5.65 Å². The smallest absolute Gasteiger partial charge is 0.338 e. The molecule has 0 fully saturated rings. The molecule has 0 atom stereocenters. The highest BCUT2D eigenvalue weighted by Gasteiger charge is 2.05. The van der Waals surface area contributed by atoms with Crippen molar-refractivity contribution in [2.45, 2.75) is 6.92 Å². The van der Waals surface area contributed by atoms with Crippen LogP contribution in [0.4, 0.5) is 0 Å². The normalized spacial score (nSPS) is 10.0. The molecule has 3 aromatic rings. The number of ether oxygens (including phenoxy) is 1. The Bertz CT molecular complexity index is 884. The first-order valence-corrected chi connectivity index (χ1v) is 6.98. The van der Waals surface area contributed by atoms with Crippen molar-refractivity contribution in [1.82, 2.24) is 9.38 Å². The minimum absolute atomic E-state index is 0.328. The van der Waals surface area contributed by atoms with Gasteiger partial charge in [0.15, 0.2) is 0 Å². The fourth-order valence-corrected chi connectivity index (χ4v) is 2.08. The van der Waals surface area contributed by atoms with Crippen LogP contribution in [-0.4, -0.2) is 22.0 Å². The number of hydrogen-bond acceptors (Lipinski definition) is 3. The summed E-state index contributed by atoms with van der Waals surface area (Å²) in [5.74, 6) is 5.83. The summed E-state index contributed by atoms with van der Waals surface area (Å²) >= 11 is 0. The number of rotatable bonds is 2. The summed E-state index contributed by atoms with van der Waals surface area (Å²) in [7, 11) is 0. The van der Waals surface area contributed by atoms with Crippen LogP contribution in [0.25, 0.3) is 5.65 Å². The second-order valence-corrected chi connectivity index (χ2v) is 4.66. The summed E-state index contributed by atoms with van der Waals surface area (Å²) < 4.78 is 6.90. The maximum atomic E-state index is 11.7. The molecule has 2 aromatic heterocycles. The summed E-state index contributed by atoms with van der Waals surface area (Å²) in [6, 6.07) is 11.0. The van der Waals surface area contributed by atoms with Crippen molar-refractivity contribution in [3.05, 3.63) is 71.7 Å². The molecule has 0 amide bonds. The molecule has 108 valence electrons. The number of aromatic nitrogens is 2. The van der Waals surface area contributed by atoms with E-state index in [0.29, 0.717) is 12.2 Å². The quantitative estimate of drug-likeness (QED) is 0.538. The van der Waals surface area contributed by atoms with Crippen molar-refractivity contribution in [2.75, 3.05) is 6.61 Å². The molecule has 0 saturated heterocycles. The molecule has 22 heavy (non-hydrogen) atoms. The van der Waals surface area contributed by atoms with Crippen LogP contribution in [0, 0.1) is 11.8 Å². The molecule has 0 N–H and O–H groups in total. The Morgan fingerprint density at radius 2 is 2.09 bits per heavy atom. The summed E-state index contributed by atoms with van der Waals surface area (Å²) in [6.45, 7) is 2.15. The predicted molar refractivity (Wildman–Crippen MR) is 83.6 cm³/mol. The Kier molecular flexibility index (Phi) is 3.88. The molecule has 0 spiro atoms. The minimum atomic E-state index is -0.328. The number of benzene rings is 1. The van der Waals surface area contributed by atoms with Crippen molar-refractivity contribution < 1.29 is 9.53 Å². The van der Waals surface area contributed by atoms with Gasteiger partial charge in [0.25, 0.3) is 0 Å². The Hall–Kier alpha value is -3.06. The van der Waals surface area contributed by atoms with Crippen molar-refractivity contribution in [3.63, 3.8) is 0 Å². The van der Waals surface area contributed by atoms with Gasteiger partial charge in [-0.3, -0.25) is 0 Å². The molecule has 2 heterocycles. The van der Waals surface area contributed by atoms with Crippen LogP contribution in [0.3, 0.4) is 0 Å². The van der Waals surface area contributed by atoms with E-state index in [1.54, 1.807) is 31.3 Å². The van der Waals surface area contributed by atoms with Gasteiger partial charge in [0, 0.05) is 29.7 Å². The van der Waals surface area contributed by atoms with Gasteiger partial charge in [-0.15, -0.1) is 0 Å². The maximum absolute atomic E-state index is 11.7. The zero-order valence-corrected chi connectivity index (χ0v) is 12.1. The molecular weight excluding hydrogens is 276 g/mol. The predicted octanol–water partition coefficient (Wildman–Crippen LogP) is 2.91. The van der Waals surface area contributed by atoms with Crippen molar-refractivity contribution >= 4 is 11.6 Å². The van der Waals surface area contributed by atoms with Crippen LogP contribution in [0.1, 0.15) is 28.4 Å². The number of carbonyl (C=O) groups excluding carboxylic acids is 1. The summed E-state index contributed by atoms with van der Waals surface area (Å²) in [5, 5.41) is 0. The van der Waals surface area contributed by atoms with Gasteiger partial charge in [-0.25, -0.2) is 9.78 Å². The second-order valence-electron chi connectivity index (χ2n) is 4.66. The van der Waals surface area contributed by atoms with Crippen molar-refractivity contribution in [3.8, 4) is 11.8 Å². The minimum Gasteiger partial charge on any atom is -0.462 e. The molecule has 0 radical (unpaired) electrons. The van der Waals surface area contributed by atoms with E-state index in [4.69, 9.17) is 4.74 Å². The lowest BCUT2D eigenvalue weighted by molar-refractivity contribution is 0.0526. The van der Waals surface area contributed by atoms with Gasteiger partial charge in [-0.1, -0.05) is 17.9 Å². The third-order valence-electron chi connectivity index (χ3n) is 3.11. The van der Waals surface area contributed by atoms with Crippen LogP contribution in [0.2, 0.25) is 0 Å². The topological polar surface area (TPSA) is 43.6 Å². The number of fused-ring (bicyclic) bond motifs is 1. The van der Waals surface area contributed by atoms with E-state index in [1.807, 2.05) is 35.0 Å². The highest BCUT2D eigenvalue weighted by molar-refractivity contribution is 5.89. The largest absolute Gasteiger partial charge is 0.462 e. The van der Waals surface area contributed by atoms with Gasteiger partial charge < -0.3 is 9.14 Å². The molecular formula is C18H14N2O2. The first kappa shape index (κ1) is 13.9. The van der Waals surface area contributed by atoms with Crippen LogP contribution in [-0.2, 0) is 4.74 Å². The molecule has 0 aliphatic rings. The van der Waals surface area contributed by atoms with E-state index in [9.17, 15) is 4.79 Å². The van der Waals surface area contributed by atoms with E-state index >= 15 is 0 Å². The van der Waals surface area contributed by atoms with E-state index < -0.39 is 0 Å². The lowest BCUT2D eigenvalue weighted by Gasteiger charge is -2.01. The fourth-order valence-electron chi connectivity index (χ4n) is 2.08. The van der Waals surface area contributed by atoms with Crippen LogP contribution >= 0.6 is 0 Å². The molecule has 1 aromatic carbocycles. The Labute approximate surface area is 128 Å². The van der Waals surface area contributed by atoms with Crippen LogP contribution in [0.5, 0.6) is 0 Å². The van der Waals surface area contributed by atoms with Gasteiger partial charge in [0.2, 0.25) is 0 Å². The second kappa shape index (κ2) is 6.15. The van der Waals surface area contributed by atoms with Crippen molar-refractivity contribution in [2.24, 2.45) is 0 Å². The van der Waals surface area contributed by atoms with E-state index in [0.717, 1.165) is 16.8 Å². The molecule has 4 heteroatoms. The summed E-state index contributed by atoms with van der Waals surface area (Å²) in [6.07, 6.45) is 5.54. The number of nitrogens with zero attached hydrogens (tertiary/aromatic N) is 2. The number of esters is 1. The molecule has 4 nitrogen and oxygen atoms in total. The number of carbonyl (C=O) groups is 1.